The number of nitrogens with one attached hydrogen (secondary N) is 1. The smallest absolute Gasteiger partial charge is 0.346 e. The van der Waals surface area contributed by atoms with E-state index in [1.165, 1.54) is 0 Å². The number of hydrogen-bond acceptors (Lipinski definition) is 4. The molecule has 2 aliphatic heterocycles. The number of rotatable bonds is 1. The van der Waals surface area contributed by atoms with E-state index in [4.69, 9.17) is 5.73 Å². The molecule has 24 heavy (non-hydrogen) atoms. The van der Waals surface area contributed by atoms with Crippen molar-refractivity contribution < 1.29 is 18.0 Å². The molecule has 3 heterocycles. The Labute approximate surface area is 140 Å². The van der Waals surface area contributed by atoms with Gasteiger partial charge in [0.25, 0.3) is 5.91 Å². The third kappa shape index (κ3) is 2.29. The third-order valence-electron chi connectivity index (χ3n) is 4.48. The second-order valence-corrected chi connectivity index (χ2v) is 6.89. The Morgan fingerprint density at radius 1 is 1.33 bits per heavy atom. The van der Waals surface area contributed by atoms with Crippen molar-refractivity contribution in [2.45, 2.75) is 24.8 Å². The van der Waals surface area contributed by atoms with E-state index in [1.54, 1.807) is 12.1 Å². The minimum Gasteiger partial charge on any atom is -0.346 e. The van der Waals surface area contributed by atoms with Crippen LogP contribution in [0.4, 0.5) is 18.9 Å². The monoisotopic (exact) mass is 353 g/mol. The van der Waals surface area contributed by atoms with Gasteiger partial charge in [-0.05, 0) is 24.1 Å². The molecule has 0 unspecified atom stereocenters. The lowest BCUT2D eigenvalue weighted by atomic mass is 9.91. The molecule has 0 aliphatic carbocycles. The summed E-state index contributed by atoms with van der Waals surface area (Å²) in [5.74, 6) is -0.288. The molecular formula is C16H14F3N3OS. The van der Waals surface area contributed by atoms with Crippen molar-refractivity contribution in [3.05, 3.63) is 51.2 Å². The van der Waals surface area contributed by atoms with Crippen LogP contribution in [0.1, 0.15) is 45.0 Å². The number of hydrogen-bond donors (Lipinski definition) is 2. The summed E-state index contributed by atoms with van der Waals surface area (Å²) in [6.45, 7) is 0.579. The van der Waals surface area contributed by atoms with Crippen LogP contribution in [-0.4, -0.2) is 12.5 Å². The minimum atomic E-state index is -4.39. The fraction of sp³-hybridized carbons (Fsp3) is 0.312. The van der Waals surface area contributed by atoms with E-state index >= 15 is 0 Å². The number of carbonyl (C=O) groups excluding carboxylic acids is 1. The molecule has 1 amide bonds. The van der Waals surface area contributed by atoms with Gasteiger partial charge in [0, 0.05) is 22.8 Å². The number of nitrogens with zero attached hydrogens (tertiary/aromatic N) is 1. The number of halogens is 3. The Bertz CT molecular complexity index is 817. The summed E-state index contributed by atoms with van der Waals surface area (Å²) in [6.07, 6.45) is -4.30. The van der Waals surface area contributed by atoms with Crippen LogP contribution >= 0.6 is 11.3 Å². The predicted molar refractivity (Wildman–Crippen MR) is 84.9 cm³/mol. The predicted octanol–water partition coefficient (Wildman–Crippen LogP) is 3.42. The number of alkyl halides is 3. The maximum atomic E-state index is 12.9. The molecule has 0 saturated carbocycles. The van der Waals surface area contributed by atoms with Gasteiger partial charge in [0.2, 0.25) is 0 Å². The Kier molecular flexibility index (Phi) is 3.36. The Balaban J connectivity index is 1.80. The van der Waals surface area contributed by atoms with Crippen molar-refractivity contribution in [3.63, 3.8) is 0 Å². The zero-order valence-electron chi connectivity index (χ0n) is 12.4. The molecule has 1 aromatic heterocycles. The Morgan fingerprint density at radius 2 is 2.12 bits per heavy atom. The van der Waals surface area contributed by atoms with E-state index in [-0.39, 0.29) is 11.9 Å². The van der Waals surface area contributed by atoms with Crippen LogP contribution in [0.25, 0.3) is 0 Å². The van der Waals surface area contributed by atoms with Gasteiger partial charge in [0.05, 0.1) is 16.8 Å². The molecule has 0 bridgehead atoms. The Hall–Kier alpha value is -2.06. The van der Waals surface area contributed by atoms with Gasteiger partial charge in [-0.2, -0.15) is 13.2 Å². The molecule has 2 atom stereocenters. The maximum Gasteiger partial charge on any atom is 0.417 e. The van der Waals surface area contributed by atoms with Crippen LogP contribution in [0.2, 0.25) is 0 Å². The van der Waals surface area contributed by atoms with Gasteiger partial charge in [0.1, 0.15) is 6.17 Å². The number of carbonyl (C=O) groups is 1. The normalized spacial score (nSPS) is 23.0. The maximum absolute atomic E-state index is 12.9. The first kappa shape index (κ1) is 15.5. The molecule has 4 rings (SSSR count). The van der Waals surface area contributed by atoms with Crippen molar-refractivity contribution >= 4 is 22.9 Å². The van der Waals surface area contributed by atoms with Crippen molar-refractivity contribution in [2.24, 2.45) is 5.73 Å². The lowest BCUT2D eigenvalue weighted by molar-refractivity contribution is -0.137. The van der Waals surface area contributed by atoms with Crippen LogP contribution in [0.15, 0.2) is 29.6 Å². The van der Waals surface area contributed by atoms with Gasteiger partial charge in [-0.15, -0.1) is 11.3 Å². The van der Waals surface area contributed by atoms with Gasteiger partial charge in [0.15, 0.2) is 0 Å². The summed E-state index contributed by atoms with van der Waals surface area (Å²) in [7, 11) is 0. The van der Waals surface area contributed by atoms with Gasteiger partial charge < -0.3 is 16.0 Å². The third-order valence-corrected chi connectivity index (χ3v) is 5.46. The van der Waals surface area contributed by atoms with Crippen molar-refractivity contribution in [1.29, 1.82) is 0 Å². The van der Waals surface area contributed by atoms with E-state index in [1.807, 2.05) is 11.0 Å². The highest BCUT2D eigenvalue weighted by molar-refractivity contribution is 7.10. The van der Waals surface area contributed by atoms with Gasteiger partial charge in [-0.25, -0.2) is 0 Å². The number of thiophene rings is 1. The SMILES string of the molecule is N[C@@H]1CCN2c3c(cccc31)C(=O)N[C@H]2c1cc(C(F)(F)F)cs1. The summed E-state index contributed by atoms with van der Waals surface area (Å²) in [5, 5.41) is 3.90. The van der Waals surface area contributed by atoms with E-state index in [9.17, 15) is 18.0 Å². The van der Waals surface area contributed by atoms with E-state index in [0.717, 1.165) is 34.0 Å². The second kappa shape index (κ2) is 5.22. The molecule has 2 aliphatic rings. The molecule has 0 radical (unpaired) electrons. The van der Waals surface area contributed by atoms with Gasteiger partial charge in [-0.1, -0.05) is 12.1 Å². The first-order valence-electron chi connectivity index (χ1n) is 7.48. The molecule has 2 aromatic rings. The van der Waals surface area contributed by atoms with E-state index < -0.39 is 17.9 Å². The number of anilines is 1. The van der Waals surface area contributed by atoms with Crippen molar-refractivity contribution in [2.75, 3.05) is 11.4 Å². The highest BCUT2D eigenvalue weighted by atomic mass is 32.1. The average molecular weight is 353 g/mol. The molecule has 8 heteroatoms. The zero-order chi connectivity index (χ0) is 17.1. The van der Waals surface area contributed by atoms with E-state index in [2.05, 4.69) is 5.32 Å². The molecular weight excluding hydrogens is 339 g/mol. The average Bonchev–Trinajstić information content (AvgIpc) is 3.03. The van der Waals surface area contributed by atoms with Crippen LogP contribution < -0.4 is 16.0 Å². The summed E-state index contributed by atoms with van der Waals surface area (Å²) in [6, 6.07) is 6.31. The minimum absolute atomic E-state index is 0.170. The van der Waals surface area contributed by atoms with Crippen molar-refractivity contribution in [3.8, 4) is 0 Å². The van der Waals surface area contributed by atoms with E-state index in [0.29, 0.717) is 23.4 Å². The number of benzene rings is 1. The molecule has 3 N–H and O–H groups in total. The fourth-order valence-electron chi connectivity index (χ4n) is 3.32. The molecule has 0 spiro atoms. The topological polar surface area (TPSA) is 58.4 Å². The zero-order valence-corrected chi connectivity index (χ0v) is 13.2. The lowest BCUT2D eigenvalue weighted by Gasteiger charge is -2.43. The molecule has 1 aromatic carbocycles. The highest BCUT2D eigenvalue weighted by Crippen LogP contribution is 2.44. The highest BCUT2D eigenvalue weighted by Gasteiger charge is 2.39. The second-order valence-electron chi connectivity index (χ2n) is 5.94. The number of para-hydroxylation sites is 1. The van der Waals surface area contributed by atoms with Gasteiger partial charge >= 0.3 is 6.18 Å². The molecule has 4 nitrogen and oxygen atoms in total. The van der Waals surface area contributed by atoms with Crippen LogP contribution in [0, 0.1) is 0 Å². The van der Waals surface area contributed by atoms with Gasteiger partial charge in [-0.3, -0.25) is 4.79 Å². The first-order chi connectivity index (χ1) is 11.4. The van der Waals surface area contributed by atoms with Crippen molar-refractivity contribution in [1.82, 2.24) is 5.32 Å². The number of nitrogens with two attached hydrogens (primary N) is 1. The quantitative estimate of drug-likeness (QED) is 0.826. The fourth-order valence-corrected chi connectivity index (χ4v) is 4.29. The summed E-state index contributed by atoms with van der Waals surface area (Å²) in [4.78, 5) is 14.8. The standard InChI is InChI=1S/C16H14F3N3OS/c17-16(18,19)8-6-12(24-7-8)14-21-15(23)10-3-1-2-9-11(20)4-5-22(14)13(9)10/h1-3,6-7,11,14H,4-5,20H2,(H,21,23)/t11-,14-/m1/s1. The lowest BCUT2D eigenvalue weighted by Crippen LogP contribution is -2.49. The summed E-state index contributed by atoms with van der Waals surface area (Å²) >= 11 is 1.00. The largest absolute Gasteiger partial charge is 0.417 e. The summed E-state index contributed by atoms with van der Waals surface area (Å²) < 4.78 is 38.6. The van der Waals surface area contributed by atoms with Crippen LogP contribution in [-0.2, 0) is 6.18 Å². The molecule has 0 fully saturated rings. The van der Waals surface area contributed by atoms with Crippen LogP contribution in [0.5, 0.6) is 0 Å². The Morgan fingerprint density at radius 3 is 2.83 bits per heavy atom. The first-order valence-corrected chi connectivity index (χ1v) is 8.36. The van der Waals surface area contributed by atoms with Crippen LogP contribution in [0.3, 0.4) is 0 Å². The molecule has 0 saturated heterocycles. The number of amides is 1. The summed E-state index contributed by atoms with van der Waals surface area (Å²) in [5.41, 5.74) is 7.58. The molecule has 126 valence electrons.